The van der Waals surface area contributed by atoms with Crippen molar-refractivity contribution in [3.63, 3.8) is 0 Å². The summed E-state index contributed by atoms with van der Waals surface area (Å²) in [5.41, 5.74) is 2.69. The second-order valence-electron chi connectivity index (χ2n) is 4.93. The van der Waals surface area contributed by atoms with Crippen molar-refractivity contribution in [3.05, 3.63) is 48.0 Å². The van der Waals surface area contributed by atoms with E-state index in [0.717, 1.165) is 29.7 Å². The molecule has 0 aliphatic heterocycles. The van der Waals surface area contributed by atoms with E-state index in [0.29, 0.717) is 0 Å². The summed E-state index contributed by atoms with van der Waals surface area (Å²) in [6.45, 7) is 1.95. The zero-order chi connectivity index (χ0) is 13.5. The fourth-order valence-electron chi connectivity index (χ4n) is 2.11. The van der Waals surface area contributed by atoms with E-state index in [1.54, 1.807) is 6.07 Å². The summed E-state index contributed by atoms with van der Waals surface area (Å²) in [4.78, 5) is 4.39. The van der Waals surface area contributed by atoms with Gasteiger partial charge in [-0.2, -0.15) is 0 Å². The molecule has 0 N–H and O–H groups in total. The number of aryl methyl sites for hydroxylation is 1. The Hall–Kier alpha value is -1.68. The molecule has 1 fully saturated rings. The third-order valence-corrected chi connectivity index (χ3v) is 5.53. The largest absolute Gasteiger partial charge is 0.236 e. The Labute approximate surface area is 113 Å². The molecule has 1 saturated carbocycles. The van der Waals surface area contributed by atoms with Gasteiger partial charge in [-0.05, 0) is 31.4 Å². The molecule has 3 rings (SSSR count). The second kappa shape index (κ2) is 4.46. The second-order valence-corrected chi connectivity index (χ2v) is 7.10. The highest BCUT2D eigenvalue weighted by Gasteiger charge is 2.38. The molecule has 0 saturated heterocycles. The van der Waals surface area contributed by atoms with E-state index in [9.17, 15) is 8.42 Å². The van der Waals surface area contributed by atoms with E-state index in [2.05, 4.69) is 4.98 Å². The molecule has 3 nitrogen and oxygen atoms in total. The molecule has 1 aromatic heterocycles. The predicted molar refractivity (Wildman–Crippen MR) is 74.6 cm³/mol. The zero-order valence-corrected chi connectivity index (χ0v) is 11.5. The van der Waals surface area contributed by atoms with Crippen molar-refractivity contribution in [1.82, 2.24) is 4.98 Å². The molecule has 0 amide bonds. The lowest BCUT2D eigenvalue weighted by Gasteiger charge is -2.08. The molecule has 98 valence electrons. The van der Waals surface area contributed by atoms with Crippen LogP contribution in [0.5, 0.6) is 0 Å². The van der Waals surface area contributed by atoms with Crippen LogP contribution >= 0.6 is 0 Å². The van der Waals surface area contributed by atoms with E-state index in [-0.39, 0.29) is 10.3 Å². The van der Waals surface area contributed by atoms with Gasteiger partial charge >= 0.3 is 0 Å². The Morgan fingerprint density at radius 2 is 1.74 bits per heavy atom. The molecule has 19 heavy (non-hydrogen) atoms. The van der Waals surface area contributed by atoms with Crippen molar-refractivity contribution in [2.75, 3.05) is 0 Å². The maximum atomic E-state index is 12.2. The van der Waals surface area contributed by atoms with Crippen molar-refractivity contribution in [1.29, 1.82) is 0 Å². The van der Waals surface area contributed by atoms with Crippen LogP contribution in [0.3, 0.4) is 0 Å². The van der Waals surface area contributed by atoms with Crippen LogP contribution in [0.25, 0.3) is 11.3 Å². The topological polar surface area (TPSA) is 47.0 Å². The standard InChI is InChI=1S/C15H15NO2S/c1-11-7-10-14(19(17,18)13-8-9-13)16-15(11)12-5-3-2-4-6-12/h2-7,10,13H,8-9H2,1H3. The third kappa shape index (κ3) is 2.28. The average molecular weight is 273 g/mol. The van der Waals surface area contributed by atoms with Gasteiger partial charge in [0.25, 0.3) is 0 Å². The van der Waals surface area contributed by atoms with Gasteiger partial charge in [0.05, 0.1) is 10.9 Å². The van der Waals surface area contributed by atoms with Gasteiger partial charge in [0, 0.05) is 5.56 Å². The number of aromatic nitrogens is 1. The van der Waals surface area contributed by atoms with Crippen LogP contribution in [-0.4, -0.2) is 18.7 Å². The van der Waals surface area contributed by atoms with Crippen molar-refractivity contribution < 1.29 is 8.42 Å². The Bertz CT molecular complexity index is 704. The minimum Gasteiger partial charge on any atom is -0.236 e. The van der Waals surface area contributed by atoms with Crippen molar-refractivity contribution in [3.8, 4) is 11.3 Å². The van der Waals surface area contributed by atoms with Gasteiger partial charge < -0.3 is 0 Å². The maximum Gasteiger partial charge on any atom is 0.198 e. The van der Waals surface area contributed by atoms with Crippen LogP contribution in [0.4, 0.5) is 0 Å². The summed E-state index contributed by atoms with van der Waals surface area (Å²) in [6.07, 6.45) is 1.52. The molecule has 1 aliphatic rings. The highest BCUT2D eigenvalue weighted by Crippen LogP contribution is 2.33. The van der Waals surface area contributed by atoms with Crippen LogP contribution in [-0.2, 0) is 9.84 Å². The van der Waals surface area contributed by atoms with Crippen molar-refractivity contribution in [2.45, 2.75) is 30.0 Å². The SMILES string of the molecule is Cc1ccc(S(=O)(=O)C2CC2)nc1-c1ccccc1. The molecule has 1 heterocycles. The molecule has 4 heteroatoms. The molecular weight excluding hydrogens is 258 g/mol. The van der Waals surface area contributed by atoms with Gasteiger partial charge in [0.2, 0.25) is 0 Å². The lowest BCUT2D eigenvalue weighted by atomic mass is 10.1. The van der Waals surface area contributed by atoms with Crippen molar-refractivity contribution in [2.24, 2.45) is 0 Å². The van der Waals surface area contributed by atoms with E-state index in [4.69, 9.17) is 0 Å². The highest BCUT2D eigenvalue weighted by molar-refractivity contribution is 7.92. The summed E-state index contributed by atoms with van der Waals surface area (Å²) in [5, 5.41) is -0.00853. The Morgan fingerprint density at radius 3 is 2.37 bits per heavy atom. The highest BCUT2D eigenvalue weighted by atomic mass is 32.2. The molecular formula is C15H15NO2S. The number of benzene rings is 1. The predicted octanol–water partition coefficient (Wildman–Crippen LogP) is 2.99. The van der Waals surface area contributed by atoms with Crippen LogP contribution in [0, 0.1) is 6.92 Å². The molecule has 0 atom stereocenters. The minimum absolute atomic E-state index is 0.208. The first-order chi connectivity index (χ1) is 9.09. The van der Waals surface area contributed by atoms with E-state index < -0.39 is 9.84 Å². The molecule has 0 bridgehead atoms. The molecule has 0 unspecified atom stereocenters. The van der Waals surface area contributed by atoms with E-state index in [1.165, 1.54) is 0 Å². The Kier molecular flexibility index (Phi) is 2.90. The third-order valence-electron chi connectivity index (χ3n) is 3.37. The van der Waals surface area contributed by atoms with E-state index >= 15 is 0 Å². The van der Waals surface area contributed by atoms with Gasteiger partial charge in [-0.3, -0.25) is 0 Å². The summed E-state index contributed by atoms with van der Waals surface area (Å²) >= 11 is 0. The first kappa shape index (κ1) is 12.4. The first-order valence-electron chi connectivity index (χ1n) is 6.36. The van der Waals surface area contributed by atoms with Crippen LogP contribution < -0.4 is 0 Å². The lowest BCUT2D eigenvalue weighted by Crippen LogP contribution is -2.10. The van der Waals surface area contributed by atoms with Crippen LogP contribution in [0.15, 0.2) is 47.5 Å². The number of sulfone groups is 1. The Morgan fingerprint density at radius 1 is 1.05 bits per heavy atom. The summed E-state index contributed by atoms with van der Waals surface area (Å²) in [6, 6.07) is 13.1. The van der Waals surface area contributed by atoms with Gasteiger partial charge in [-0.25, -0.2) is 13.4 Å². The molecule has 0 radical (unpaired) electrons. The molecule has 2 aromatic rings. The Balaban J connectivity index is 2.11. The average Bonchev–Trinajstić information content (AvgIpc) is 3.24. The number of hydrogen-bond acceptors (Lipinski definition) is 3. The van der Waals surface area contributed by atoms with E-state index in [1.807, 2.05) is 43.3 Å². The fraction of sp³-hybridized carbons (Fsp3) is 0.267. The summed E-state index contributed by atoms with van der Waals surface area (Å²) < 4.78 is 24.5. The summed E-state index contributed by atoms with van der Waals surface area (Å²) in [5.74, 6) is 0. The fourth-order valence-corrected chi connectivity index (χ4v) is 3.68. The minimum atomic E-state index is -3.22. The smallest absolute Gasteiger partial charge is 0.198 e. The number of rotatable bonds is 3. The van der Waals surface area contributed by atoms with Crippen LogP contribution in [0.2, 0.25) is 0 Å². The number of pyridine rings is 1. The first-order valence-corrected chi connectivity index (χ1v) is 7.90. The zero-order valence-electron chi connectivity index (χ0n) is 10.7. The summed E-state index contributed by atoms with van der Waals surface area (Å²) in [7, 11) is -3.22. The van der Waals surface area contributed by atoms with Crippen LogP contribution in [0.1, 0.15) is 18.4 Å². The molecule has 0 spiro atoms. The molecule has 1 aromatic carbocycles. The lowest BCUT2D eigenvalue weighted by molar-refractivity contribution is 0.591. The van der Waals surface area contributed by atoms with Gasteiger partial charge in [-0.15, -0.1) is 0 Å². The molecule has 1 aliphatic carbocycles. The monoisotopic (exact) mass is 273 g/mol. The maximum absolute atomic E-state index is 12.2. The van der Waals surface area contributed by atoms with Gasteiger partial charge in [-0.1, -0.05) is 36.4 Å². The quantitative estimate of drug-likeness (QED) is 0.863. The van der Waals surface area contributed by atoms with Gasteiger partial charge in [0.1, 0.15) is 0 Å². The number of nitrogens with zero attached hydrogens (tertiary/aromatic N) is 1. The number of hydrogen-bond donors (Lipinski definition) is 0. The van der Waals surface area contributed by atoms with Gasteiger partial charge in [0.15, 0.2) is 14.9 Å². The van der Waals surface area contributed by atoms with Crippen molar-refractivity contribution >= 4 is 9.84 Å². The normalized spacial score (nSPS) is 15.4.